The number of carbonyl (C=O) groups is 2. The molecule has 0 aliphatic rings. The molecule has 0 aliphatic heterocycles. The van der Waals surface area contributed by atoms with Crippen LogP contribution < -0.4 is 11.1 Å². The number of aromatic nitrogens is 1. The molecule has 3 N–H and O–H groups in total. The fourth-order valence-corrected chi connectivity index (χ4v) is 1.86. The number of rotatable bonds is 4. The van der Waals surface area contributed by atoms with Gasteiger partial charge in [0.2, 0.25) is 5.91 Å². The van der Waals surface area contributed by atoms with Crippen molar-refractivity contribution >= 4 is 29.1 Å². The minimum absolute atomic E-state index is 0.0550. The molecule has 1 aromatic heterocycles. The number of para-hydroxylation sites is 1. The third-order valence-electron chi connectivity index (χ3n) is 2.58. The van der Waals surface area contributed by atoms with Gasteiger partial charge in [-0.05, 0) is 23.8 Å². The molecule has 1 aromatic carbocycles. The van der Waals surface area contributed by atoms with Gasteiger partial charge in [-0.3, -0.25) is 14.6 Å². The lowest BCUT2D eigenvalue weighted by molar-refractivity contribution is -0.117. The van der Waals surface area contributed by atoms with Crippen LogP contribution in [0.2, 0.25) is 5.02 Å². The standard InChI is InChI=1S/C14H12ClN3O2/c15-10-5-6-17-12(8-10)14(20)18-11-4-2-1-3-9(11)7-13(16)19/h1-6,8H,7H2,(H2,16,19)(H,18,20). The maximum atomic E-state index is 12.1. The number of hydrogen-bond acceptors (Lipinski definition) is 3. The summed E-state index contributed by atoms with van der Waals surface area (Å²) in [5.74, 6) is -0.864. The van der Waals surface area contributed by atoms with Crippen molar-refractivity contribution < 1.29 is 9.59 Å². The van der Waals surface area contributed by atoms with Crippen LogP contribution in [0.1, 0.15) is 16.1 Å². The Balaban J connectivity index is 2.21. The molecule has 1 heterocycles. The lowest BCUT2D eigenvalue weighted by atomic mass is 10.1. The Morgan fingerprint density at radius 1 is 1.25 bits per heavy atom. The van der Waals surface area contributed by atoms with Crippen molar-refractivity contribution in [3.63, 3.8) is 0 Å². The van der Waals surface area contributed by atoms with Gasteiger partial charge in [-0.1, -0.05) is 29.8 Å². The van der Waals surface area contributed by atoms with Gasteiger partial charge in [0, 0.05) is 16.9 Å². The highest BCUT2D eigenvalue weighted by molar-refractivity contribution is 6.30. The first kappa shape index (κ1) is 14.0. The predicted octanol–water partition coefficient (Wildman–Crippen LogP) is 2.02. The van der Waals surface area contributed by atoms with Crippen molar-refractivity contribution in [2.75, 3.05) is 5.32 Å². The summed E-state index contributed by atoms with van der Waals surface area (Å²) in [6, 6.07) is 10.00. The number of halogens is 1. The highest BCUT2D eigenvalue weighted by Crippen LogP contribution is 2.17. The highest BCUT2D eigenvalue weighted by atomic mass is 35.5. The van der Waals surface area contributed by atoms with Crippen LogP contribution in [0.4, 0.5) is 5.69 Å². The van der Waals surface area contributed by atoms with Crippen LogP contribution >= 0.6 is 11.6 Å². The van der Waals surface area contributed by atoms with Gasteiger partial charge in [0.05, 0.1) is 6.42 Å². The van der Waals surface area contributed by atoms with E-state index < -0.39 is 11.8 Å². The summed E-state index contributed by atoms with van der Waals surface area (Å²) in [6.45, 7) is 0. The molecule has 2 amide bonds. The second-order valence-corrected chi connectivity index (χ2v) is 4.55. The van der Waals surface area contributed by atoms with E-state index in [0.717, 1.165) is 0 Å². The van der Waals surface area contributed by atoms with E-state index in [1.165, 1.54) is 12.3 Å². The number of amides is 2. The molecule has 0 bridgehead atoms. The minimum Gasteiger partial charge on any atom is -0.369 e. The first-order chi connectivity index (χ1) is 9.56. The smallest absolute Gasteiger partial charge is 0.274 e. The summed E-state index contributed by atoms with van der Waals surface area (Å²) in [6.07, 6.45) is 1.51. The van der Waals surface area contributed by atoms with Crippen LogP contribution in [0.15, 0.2) is 42.6 Å². The number of hydrogen-bond donors (Lipinski definition) is 2. The number of pyridine rings is 1. The summed E-state index contributed by atoms with van der Waals surface area (Å²) in [7, 11) is 0. The predicted molar refractivity (Wildman–Crippen MR) is 76.5 cm³/mol. The minimum atomic E-state index is -0.465. The largest absolute Gasteiger partial charge is 0.369 e. The third kappa shape index (κ3) is 3.55. The molecule has 0 atom stereocenters. The van der Waals surface area contributed by atoms with E-state index in [0.29, 0.717) is 16.3 Å². The zero-order valence-corrected chi connectivity index (χ0v) is 11.2. The summed E-state index contributed by atoms with van der Waals surface area (Å²) in [5, 5.41) is 3.12. The van der Waals surface area contributed by atoms with Crippen molar-refractivity contribution in [3.8, 4) is 0 Å². The molecule has 0 unspecified atom stereocenters. The topological polar surface area (TPSA) is 85.1 Å². The zero-order chi connectivity index (χ0) is 14.5. The zero-order valence-electron chi connectivity index (χ0n) is 10.5. The van der Waals surface area contributed by atoms with Crippen molar-refractivity contribution in [2.45, 2.75) is 6.42 Å². The molecule has 0 saturated carbocycles. The van der Waals surface area contributed by atoms with E-state index in [-0.39, 0.29) is 12.1 Å². The van der Waals surface area contributed by atoms with Crippen LogP contribution in [-0.2, 0) is 11.2 Å². The maximum Gasteiger partial charge on any atom is 0.274 e. The van der Waals surface area contributed by atoms with Gasteiger partial charge in [-0.2, -0.15) is 0 Å². The van der Waals surface area contributed by atoms with E-state index >= 15 is 0 Å². The lowest BCUT2D eigenvalue weighted by Crippen LogP contribution is -2.18. The summed E-state index contributed by atoms with van der Waals surface area (Å²) in [4.78, 5) is 27.0. The van der Waals surface area contributed by atoms with Crippen molar-refractivity contribution in [3.05, 3.63) is 58.9 Å². The van der Waals surface area contributed by atoms with Crippen molar-refractivity contribution in [2.24, 2.45) is 5.73 Å². The summed E-state index contributed by atoms with van der Waals surface area (Å²) in [5.41, 5.74) is 6.55. The molecular weight excluding hydrogens is 278 g/mol. The number of nitrogens with one attached hydrogen (secondary N) is 1. The van der Waals surface area contributed by atoms with Crippen LogP contribution in [0.5, 0.6) is 0 Å². The SMILES string of the molecule is NC(=O)Cc1ccccc1NC(=O)c1cc(Cl)ccn1. The van der Waals surface area contributed by atoms with Gasteiger partial charge in [0.25, 0.3) is 5.91 Å². The Kier molecular flexibility index (Phi) is 4.32. The van der Waals surface area contributed by atoms with Gasteiger partial charge >= 0.3 is 0 Å². The average Bonchev–Trinajstić information content (AvgIpc) is 2.40. The normalized spacial score (nSPS) is 10.1. The monoisotopic (exact) mass is 289 g/mol. The molecule has 102 valence electrons. The van der Waals surface area contributed by atoms with Crippen LogP contribution in [0.3, 0.4) is 0 Å². The molecule has 6 heteroatoms. The average molecular weight is 290 g/mol. The molecular formula is C14H12ClN3O2. The van der Waals surface area contributed by atoms with Crippen LogP contribution in [-0.4, -0.2) is 16.8 Å². The van der Waals surface area contributed by atoms with Gasteiger partial charge in [-0.15, -0.1) is 0 Å². The summed E-state index contributed by atoms with van der Waals surface area (Å²) >= 11 is 5.81. The number of primary amides is 1. The molecule has 0 saturated heterocycles. The fraction of sp³-hybridized carbons (Fsp3) is 0.0714. The van der Waals surface area contributed by atoms with E-state index in [1.807, 2.05) is 0 Å². The number of anilines is 1. The second kappa shape index (κ2) is 6.16. The Labute approximate surface area is 120 Å². The first-order valence-electron chi connectivity index (χ1n) is 5.85. The van der Waals surface area contributed by atoms with Crippen molar-refractivity contribution in [1.82, 2.24) is 4.98 Å². The van der Waals surface area contributed by atoms with Crippen LogP contribution in [0, 0.1) is 0 Å². The van der Waals surface area contributed by atoms with Gasteiger partial charge < -0.3 is 11.1 Å². The van der Waals surface area contributed by atoms with Gasteiger partial charge in [0.1, 0.15) is 5.69 Å². The van der Waals surface area contributed by atoms with Gasteiger partial charge in [0.15, 0.2) is 0 Å². The first-order valence-corrected chi connectivity index (χ1v) is 6.23. The molecule has 2 rings (SSSR count). The molecule has 20 heavy (non-hydrogen) atoms. The van der Waals surface area contributed by atoms with E-state index in [9.17, 15) is 9.59 Å². The van der Waals surface area contributed by atoms with E-state index in [1.54, 1.807) is 30.3 Å². The molecule has 0 spiro atoms. The van der Waals surface area contributed by atoms with E-state index in [2.05, 4.69) is 10.3 Å². The lowest BCUT2D eigenvalue weighted by Gasteiger charge is -2.09. The third-order valence-corrected chi connectivity index (χ3v) is 2.82. The second-order valence-electron chi connectivity index (χ2n) is 4.11. The maximum absolute atomic E-state index is 12.1. The molecule has 0 aliphatic carbocycles. The Morgan fingerprint density at radius 2 is 2.00 bits per heavy atom. The van der Waals surface area contributed by atoms with Crippen molar-refractivity contribution in [1.29, 1.82) is 0 Å². The Morgan fingerprint density at radius 3 is 2.70 bits per heavy atom. The molecule has 0 radical (unpaired) electrons. The summed E-state index contributed by atoms with van der Waals surface area (Å²) < 4.78 is 0. The Bertz CT molecular complexity index is 658. The fourth-order valence-electron chi connectivity index (χ4n) is 1.70. The van der Waals surface area contributed by atoms with E-state index in [4.69, 9.17) is 17.3 Å². The number of nitrogens with zero attached hydrogens (tertiary/aromatic N) is 1. The van der Waals surface area contributed by atoms with Gasteiger partial charge in [-0.25, -0.2) is 0 Å². The number of nitrogens with two attached hydrogens (primary N) is 1. The van der Waals surface area contributed by atoms with Crippen LogP contribution in [0.25, 0.3) is 0 Å². The molecule has 0 fully saturated rings. The molecule has 5 nitrogen and oxygen atoms in total. The Hall–Kier alpha value is -2.40. The number of benzene rings is 1. The quantitative estimate of drug-likeness (QED) is 0.903. The number of carbonyl (C=O) groups excluding carboxylic acids is 2. The highest BCUT2D eigenvalue weighted by Gasteiger charge is 2.11. The molecule has 2 aromatic rings.